The quantitative estimate of drug-likeness (QED) is 0.403. The van der Waals surface area contributed by atoms with Crippen LogP contribution in [0.25, 0.3) is 0 Å². The minimum atomic E-state index is -2.22. The molecule has 0 spiro atoms. The number of hydrogen-bond acceptors (Lipinski definition) is 2. The molecule has 1 saturated heterocycles. The van der Waals surface area contributed by atoms with Crippen molar-refractivity contribution in [1.82, 2.24) is 5.06 Å². The zero-order chi connectivity index (χ0) is 20.7. The van der Waals surface area contributed by atoms with Crippen LogP contribution in [0.5, 0.6) is 0 Å². The SMILES string of the molecule is O=C1C[C@@H]2C[C@H](c3ccccc3)CC[C@@H]2N1OCc1c(F)c(F)c(F)c(F)c1F. The van der Waals surface area contributed by atoms with Crippen LogP contribution in [0.2, 0.25) is 0 Å². The smallest absolute Gasteiger partial charge is 0.246 e. The van der Waals surface area contributed by atoms with Crippen LogP contribution in [0.4, 0.5) is 22.0 Å². The highest BCUT2D eigenvalue weighted by Crippen LogP contribution is 2.43. The Kier molecular flexibility index (Phi) is 5.29. The van der Waals surface area contributed by atoms with Crippen LogP contribution >= 0.6 is 0 Å². The number of fused-ring (bicyclic) bond motifs is 1. The summed E-state index contributed by atoms with van der Waals surface area (Å²) in [6.07, 6.45) is 2.43. The number of carbonyl (C=O) groups excluding carboxylic acids is 1. The molecule has 1 saturated carbocycles. The van der Waals surface area contributed by atoms with E-state index in [-0.39, 0.29) is 24.3 Å². The van der Waals surface area contributed by atoms with Crippen LogP contribution in [0, 0.1) is 35.0 Å². The third kappa shape index (κ3) is 3.50. The van der Waals surface area contributed by atoms with Gasteiger partial charge in [-0.3, -0.25) is 9.63 Å². The number of rotatable bonds is 4. The molecule has 1 heterocycles. The molecule has 2 aromatic carbocycles. The molecule has 2 aliphatic rings. The van der Waals surface area contributed by atoms with Gasteiger partial charge in [-0.1, -0.05) is 30.3 Å². The van der Waals surface area contributed by atoms with E-state index in [1.807, 2.05) is 30.3 Å². The Hall–Kier alpha value is -2.48. The van der Waals surface area contributed by atoms with Gasteiger partial charge in [-0.2, -0.15) is 0 Å². The summed E-state index contributed by atoms with van der Waals surface area (Å²) in [7, 11) is 0. The fourth-order valence-corrected chi connectivity index (χ4v) is 4.38. The molecule has 29 heavy (non-hydrogen) atoms. The standard InChI is InChI=1S/C21H18F5NO2/c22-17-14(18(23)20(25)21(26)19(17)24)10-29-27-15-7-6-12(8-13(15)9-16(27)28)11-4-2-1-3-5-11/h1-5,12-13,15H,6-10H2/t12-,13+,15+/m1/s1. The van der Waals surface area contributed by atoms with E-state index < -0.39 is 41.3 Å². The summed E-state index contributed by atoms with van der Waals surface area (Å²) < 4.78 is 67.6. The van der Waals surface area contributed by atoms with Crippen molar-refractivity contribution in [3.8, 4) is 0 Å². The summed E-state index contributed by atoms with van der Waals surface area (Å²) >= 11 is 0. The highest BCUT2D eigenvalue weighted by atomic mass is 19.2. The second-order valence-electron chi connectivity index (χ2n) is 7.49. The van der Waals surface area contributed by atoms with E-state index in [1.54, 1.807) is 0 Å². The van der Waals surface area contributed by atoms with E-state index in [0.29, 0.717) is 12.3 Å². The van der Waals surface area contributed by atoms with Gasteiger partial charge in [-0.05, 0) is 36.7 Å². The number of amides is 1. The third-order valence-corrected chi connectivity index (χ3v) is 5.85. The number of hydroxylamine groups is 2. The summed E-state index contributed by atoms with van der Waals surface area (Å²) in [5.74, 6) is -10.2. The van der Waals surface area contributed by atoms with Crippen LogP contribution in [0.3, 0.4) is 0 Å². The highest BCUT2D eigenvalue weighted by Gasteiger charge is 2.44. The maximum absolute atomic E-state index is 13.8. The van der Waals surface area contributed by atoms with Gasteiger partial charge < -0.3 is 0 Å². The summed E-state index contributed by atoms with van der Waals surface area (Å²) in [6.45, 7) is -0.914. The molecule has 3 nitrogen and oxygen atoms in total. The van der Waals surface area contributed by atoms with Crippen molar-refractivity contribution in [3.63, 3.8) is 0 Å². The van der Waals surface area contributed by atoms with Crippen molar-refractivity contribution in [3.05, 3.63) is 70.5 Å². The predicted octanol–water partition coefficient (Wildman–Crippen LogP) is 5.00. The van der Waals surface area contributed by atoms with E-state index in [0.717, 1.165) is 17.9 Å². The Morgan fingerprint density at radius 2 is 1.52 bits per heavy atom. The van der Waals surface area contributed by atoms with Gasteiger partial charge in [0.05, 0.1) is 11.6 Å². The average molecular weight is 411 g/mol. The Morgan fingerprint density at radius 1 is 0.897 bits per heavy atom. The summed E-state index contributed by atoms with van der Waals surface area (Å²) in [5, 5.41) is 1.06. The van der Waals surface area contributed by atoms with Gasteiger partial charge in [0.25, 0.3) is 0 Å². The molecule has 1 aliphatic heterocycles. The molecule has 154 valence electrons. The van der Waals surface area contributed by atoms with Crippen molar-refractivity contribution < 1.29 is 31.6 Å². The second-order valence-corrected chi connectivity index (χ2v) is 7.49. The fraction of sp³-hybridized carbons (Fsp3) is 0.381. The molecule has 1 amide bonds. The number of hydrogen-bond donors (Lipinski definition) is 0. The first-order chi connectivity index (χ1) is 13.9. The minimum Gasteiger partial charge on any atom is -0.273 e. The van der Waals surface area contributed by atoms with E-state index in [2.05, 4.69) is 0 Å². The van der Waals surface area contributed by atoms with Crippen molar-refractivity contribution in [2.24, 2.45) is 5.92 Å². The van der Waals surface area contributed by atoms with Crippen molar-refractivity contribution in [1.29, 1.82) is 0 Å². The zero-order valence-corrected chi connectivity index (χ0v) is 15.3. The number of benzene rings is 2. The van der Waals surface area contributed by atoms with Gasteiger partial charge in [0.1, 0.15) is 6.61 Å². The van der Waals surface area contributed by atoms with Gasteiger partial charge in [0.2, 0.25) is 11.7 Å². The summed E-state index contributed by atoms with van der Waals surface area (Å²) in [5.41, 5.74) is 0.106. The van der Waals surface area contributed by atoms with Crippen LogP contribution in [0.15, 0.2) is 30.3 Å². The fourth-order valence-electron chi connectivity index (χ4n) is 4.38. The van der Waals surface area contributed by atoms with Gasteiger partial charge in [-0.15, -0.1) is 0 Å². The van der Waals surface area contributed by atoms with Gasteiger partial charge in [0, 0.05) is 6.42 Å². The van der Waals surface area contributed by atoms with Crippen LogP contribution < -0.4 is 0 Å². The number of halogens is 5. The average Bonchev–Trinajstić information content (AvgIpc) is 3.05. The van der Waals surface area contributed by atoms with Gasteiger partial charge >= 0.3 is 0 Å². The number of nitrogens with zero attached hydrogens (tertiary/aromatic N) is 1. The lowest BCUT2D eigenvalue weighted by Gasteiger charge is -2.34. The molecule has 0 bridgehead atoms. The highest BCUT2D eigenvalue weighted by molar-refractivity contribution is 5.78. The third-order valence-electron chi connectivity index (χ3n) is 5.85. The lowest BCUT2D eigenvalue weighted by Crippen LogP contribution is -2.38. The molecule has 8 heteroatoms. The number of carbonyl (C=O) groups is 1. The Morgan fingerprint density at radius 3 is 2.17 bits per heavy atom. The lowest BCUT2D eigenvalue weighted by molar-refractivity contribution is -0.199. The van der Waals surface area contributed by atoms with E-state index in [1.165, 1.54) is 5.56 Å². The topological polar surface area (TPSA) is 29.5 Å². The molecule has 0 radical (unpaired) electrons. The summed E-state index contributed by atoms with van der Waals surface area (Å²) in [6, 6.07) is 9.66. The van der Waals surface area contributed by atoms with Crippen molar-refractivity contribution >= 4 is 5.91 Å². The van der Waals surface area contributed by atoms with Crippen LogP contribution in [0.1, 0.15) is 42.7 Å². The first-order valence-corrected chi connectivity index (χ1v) is 9.38. The van der Waals surface area contributed by atoms with Crippen molar-refractivity contribution in [2.45, 2.75) is 44.2 Å². The Balaban J connectivity index is 1.47. The van der Waals surface area contributed by atoms with Crippen LogP contribution in [-0.2, 0) is 16.2 Å². The summed E-state index contributed by atoms with van der Waals surface area (Å²) in [4.78, 5) is 17.6. The molecule has 4 rings (SSSR count). The predicted molar refractivity (Wildman–Crippen MR) is 92.8 cm³/mol. The van der Waals surface area contributed by atoms with E-state index in [4.69, 9.17) is 4.84 Å². The maximum Gasteiger partial charge on any atom is 0.246 e. The molecular weight excluding hydrogens is 393 g/mol. The minimum absolute atomic E-state index is 0.0119. The van der Waals surface area contributed by atoms with E-state index >= 15 is 0 Å². The second kappa shape index (κ2) is 7.74. The zero-order valence-electron chi connectivity index (χ0n) is 15.3. The molecule has 3 atom stereocenters. The molecule has 1 aliphatic carbocycles. The van der Waals surface area contributed by atoms with Gasteiger partial charge in [0.15, 0.2) is 23.3 Å². The maximum atomic E-state index is 13.8. The molecule has 0 N–H and O–H groups in total. The largest absolute Gasteiger partial charge is 0.273 e. The normalized spacial score (nSPS) is 24.1. The molecule has 2 fully saturated rings. The first-order valence-electron chi connectivity index (χ1n) is 9.38. The lowest BCUT2D eigenvalue weighted by atomic mass is 9.75. The monoisotopic (exact) mass is 411 g/mol. The molecule has 0 aromatic heterocycles. The Bertz CT molecular complexity index is 907. The first kappa shape index (κ1) is 19.8. The van der Waals surface area contributed by atoms with Crippen molar-refractivity contribution in [2.75, 3.05) is 0 Å². The molecule has 0 unspecified atom stereocenters. The molecular formula is C21H18F5NO2. The molecule has 2 aromatic rings. The Labute approximate surface area is 164 Å². The van der Waals surface area contributed by atoms with E-state index in [9.17, 15) is 26.7 Å². The van der Waals surface area contributed by atoms with Crippen LogP contribution in [-0.4, -0.2) is 17.0 Å². The van der Waals surface area contributed by atoms with Gasteiger partial charge in [-0.25, -0.2) is 27.0 Å².